The molecule has 4 N–H and O–H groups in total. The molecular weight excluding hydrogens is 670 g/mol. The van der Waals surface area contributed by atoms with Crippen molar-refractivity contribution in [2.24, 2.45) is 11.7 Å². The SMILES string of the molecule is CCCCCC(C(=O)NCNC(=O)c1cccc(-c2ccc(C(N)=O)cc2)n1)C(CC)N(C=O)OCc1ccccc1.COC(=O)CCC(=O)OC. The van der Waals surface area contributed by atoms with Gasteiger partial charge in [0.2, 0.25) is 18.2 Å². The molecule has 0 spiro atoms. The number of hydrogen-bond acceptors (Lipinski definition) is 10. The van der Waals surface area contributed by atoms with Gasteiger partial charge in [-0.2, -0.15) is 0 Å². The lowest BCUT2D eigenvalue weighted by molar-refractivity contribution is -0.200. The minimum Gasteiger partial charge on any atom is -0.469 e. The molecule has 0 aliphatic carbocycles. The van der Waals surface area contributed by atoms with E-state index in [1.54, 1.807) is 42.5 Å². The second-order valence-corrected chi connectivity index (χ2v) is 11.5. The molecule has 1 aromatic heterocycles. The molecule has 4 amide bonds. The predicted octanol–water partition coefficient (Wildman–Crippen LogP) is 4.33. The van der Waals surface area contributed by atoms with Gasteiger partial charge < -0.3 is 25.8 Å². The van der Waals surface area contributed by atoms with Crippen LogP contribution in [0.15, 0.2) is 72.8 Å². The fourth-order valence-corrected chi connectivity index (χ4v) is 5.05. The molecule has 2 unspecified atom stereocenters. The Kier molecular flexibility index (Phi) is 19.4. The summed E-state index contributed by atoms with van der Waals surface area (Å²) in [5.74, 6) is -2.58. The normalized spacial score (nSPS) is 11.5. The Bertz CT molecular complexity index is 1570. The Balaban J connectivity index is 0.000000815. The van der Waals surface area contributed by atoms with Crippen LogP contribution >= 0.6 is 0 Å². The molecule has 52 heavy (non-hydrogen) atoms. The number of hydroxylamine groups is 2. The number of primary amides is 1. The van der Waals surface area contributed by atoms with Crippen molar-refractivity contribution in [1.82, 2.24) is 20.7 Å². The lowest BCUT2D eigenvalue weighted by Crippen LogP contribution is -2.48. The summed E-state index contributed by atoms with van der Waals surface area (Å²) < 4.78 is 8.60. The molecular formula is C38H49N5O9. The molecule has 2 aromatic carbocycles. The highest BCUT2D eigenvalue weighted by Crippen LogP contribution is 2.23. The quantitative estimate of drug-likeness (QED) is 0.0497. The number of amides is 4. The third kappa shape index (κ3) is 14.7. The lowest BCUT2D eigenvalue weighted by Gasteiger charge is -2.32. The van der Waals surface area contributed by atoms with Gasteiger partial charge >= 0.3 is 11.9 Å². The molecule has 0 bridgehead atoms. The standard InChI is InChI=1S/C32H39N5O5.C6H10O4/c1-3-5-7-13-26(29(4-2)37(22-38)42-20-23-11-8-6-9-12-23)31(40)34-21-35-32(41)28-15-10-14-27(36-28)24-16-18-25(19-17-24)30(33)39;1-9-5(7)3-4-6(8)10-2/h6,8-12,14-19,22,26,29H,3-5,7,13,20-21H2,1-2H3,(H2,33,39)(H,34,40)(H,35,41);3-4H2,1-2H3. The van der Waals surface area contributed by atoms with Crippen LogP contribution in [0.4, 0.5) is 0 Å². The summed E-state index contributed by atoms with van der Waals surface area (Å²) in [5, 5.41) is 6.74. The average molecular weight is 720 g/mol. The fourth-order valence-electron chi connectivity index (χ4n) is 5.05. The summed E-state index contributed by atoms with van der Waals surface area (Å²) in [7, 11) is 2.55. The molecule has 14 heteroatoms. The fraction of sp³-hybridized carbons (Fsp3) is 0.395. The Morgan fingerprint density at radius 1 is 0.846 bits per heavy atom. The van der Waals surface area contributed by atoms with Crippen LogP contribution < -0.4 is 16.4 Å². The van der Waals surface area contributed by atoms with E-state index in [-0.39, 0.29) is 37.7 Å². The zero-order chi connectivity index (χ0) is 38.3. The van der Waals surface area contributed by atoms with Crippen LogP contribution in [0.3, 0.4) is 0 Å². The maximum absolute atomic E-state index is 13.4. The van der Waals surface area contributed by atoms with Crippen LogP contribution in [0.25, 0.3) is 11.3 Å². The Hall–Kier alpha value is -5.63. The summed E-state index contributed by atoms with van der Waals surface area (Å²) in [4.78, 5) is 80.6. The molecule has 280 valence electrons. The van der Waals surface area contributed by atoms with E-state index in [0.717, 1.165) is 30.4 Å². The van der Waals surface area contributed by atoms with Crippen molar-refractivity contribution in [3.05, 3.63) is 89.6 Å². The van der Waals surface area contributed by atoms with Crippen molar-refractivity contribution < 1.29 is 43.1 Å². The topological polar surface area (TPSA) is 196 Å². The number of pyridine rings is 1. The average Bonchev–Trinajstić information content (AvgIpc) is 3.18. The summed E-state index contributed by atoms with van der Waals surface area (Å²) in [6, 6.07) is 20.7. The minimum absolute atomic E-state index is 0.0865. The molecule has 0 saturated heterocycles. The van der Waals surface area contributed by atoms with Crippen LogP contribution in [0.1, 0.15) is 85.2 Å². The molecule has 0 aliphatic heterocycles. The van der Waals surface area contributed by atoms with Crippen molar-refractivity contribution in [3.63, 3.8) is 0 Å². The summed E-state index contributed by atoms with van der Waals surface area (Å²) >= 11 is 0. The number of unbranched alkanes of at least 4 members (excludes halogenated alkanes) is 2. The number of rotatable bonds is 20. The van der Waals surface area contributed by atoms with E-state index in [1.807, 2.05) is 37.3 Å². The molecule has 0 aliphatic rings. The third-order valence-corrected chi connectivity index (χ3v) is 7.94. The zero-order valence-corrected chi connectivity index (χ0v) is 30.2. The van der Waals surface area contributed by atoms with Gasteiger partial charge in [0.25, 0.3) is 5.91 Å². The number of esters is 2. The lowest BCUT2D eigenvalue weighted by atomic mass is 9.90. The monoisotopic (exact) mass is 719 g/mol. The molecule has 0 fully saturated rings. The van der Waals surface area contributed by atoms with E-state index < -0.39 is 35.7 Å². The smallest absolute Gasteiger partial charge is 0.306 e. The van der Waals surface area contributed by atoms with Gasteiger partial charge in [-0.3, -0.25) is 33.6 Å². The van der Waals surface area contributed by atoms with Crippen LogP contribution in [0.5, 0.6) is 0 Å². The van der Waals surface area contributed by atoms with Crippen molar-refractivity contribution in [2.75, 3.05) is 20.9 Å². The Morgan fingerprint density at radius 2 is 1.50 bits per heavy atom. The minimum atomic E-state index is -0.527. The summed E-state index contributed by atoms with van der Waals surface area (Å²) in [6.07, 6.45) is 4.65. The van der Waals surface area contributed by atoms with E-state index in [2.05, 4.69) is 32.0 Å². The van der Waals surface area contributed by atoms with E-state index in [9.17, 15) is 28.8 Å². The number of nitrogens with zero attached hydrogens (tertiary/aromatic N) is 2. The van der Waals surface area contributed by atoms with Gasteiger partial charge in [-0.25, -0.2) is 10.0 Å². The molecule has 0 saturated carbocycles. The van der Waals surface area contributed by atoms with Gasteiger partial charge in [-0.1, -0.05) is 81.6 Å². The number of carbonyl (C=O) groups excluding carboxylic acids is 6. The number of ether oxygens (including phenoxy) is 2. The van der Waals surface area contributed by atoms with Crippen molar-refractivity contribution >= 4 is 36.1 Å². The van der Waals surface area contributed by atoms with Crippen molar-refractivity contribution in [3.8, 4) is 11.3 Å². The number of carbonyl (C=O) groups is 6. The van der Waals surface area contributed by atoms with E-state index in [0.29, 0.717) is 30.5 Å². The first-order valence-corrected chi connectivity index (χ1v) is 17.1. The summed E-state index contributed by atoms with van der Waals surface area (Å²) in [6.45, 7) is 4.09. The third-order valence-electron chi connectivity index (χ3n) is 7.94. The van der Waals surface area contributed by atoms with E-state index >= 15 is 0 Å². The van der Waals surface area contributed by atoms with Crippen LogP contribution in [0, 0.1) is 5.92 Å². The first-order chi connectivity index (χ1) is 25.1. The molecule has 1 heterocycles. The van der Waals surface area contributed by atoms with E-state index in [1.165, 1.54) is 19.3 Å². The Labute approximate surface area is 304 Å². The van der Waals surface area contributed by atoms with E-state index in [4.69, 9.17) is 10.6 Å². The number of methoxy groups -OCH3 is 2. The zero-order valence-electron chi connectivity index (χ0n) is 30.2. The van der Waals surface area contributed by atoms with Gasteiger partial charge in [0.15, 0.2) is 0 Å². The number of aromatic nitrogens is 1. The molecule has 3 aromatic rings. The van der Waals surface area contributed by atoms with Gasteiger partial charge in [0.1, 0.15) is 12.3 Å². The molecule has 3 rings (SSSR count). The molecule has 14 nitrogen and oxygen atoms in total. The molecule has 2 atom stereocenters. The number of nitrogens with two attached hydrogens (primary N) is 1. The van der Waals surface area contributed by atoms with Gasteiger partial charge in [0, 0.05) is 11.1 Å². The highest BCUT2D eigenvalue weighted by Gasteiger charge is 2.32. The second kappa shape index (κ2) is 23.7. The first-order valence-electron chi connectivity index (χ1n) is 17.1. The highest BCUT2D eigenvalue weighted by atomic mass is 16.7. The maximum atomic E-state index is 13.4. The van der Waals surface area contributed by atoms with Gasteiger partial charge in [-0.05, 0) is 42.7 Å². The highest BCUT2D eigenvalue weighted by molar-refractivity contribution is 5.94. The van der Waals surface area contributed by atoms with Crippen LogP contribution in [-0.4, -0.2) is 73.0 Å². The number of hydrogen-bond donors (Lipinski definition) is 3. The second-order valence-electron chi connectivity index (χ2n) is 11.5. The summed E-state index contributed by atoms with van der Waals surface area (Å²) in [5.41, 5.74) is 8.03. The van der Waals surface area contributed by atoms with Crippen LogP contribution in [-0.2, 0) is 40.1 Å². The maximum Gasteiger partial charge on any atom is 0.306 e. The first kappa shape index (κ1) is 42.5. The number of benzene rings is 2. The van der Waals surface area contributed by atoms with Gasteiger partial charge in [-0.15, -0.1) is 0 Å². The molecule has 0 radical (unpaired) electrons. The van der Waals surface area contributed by atoms with Crippen LogP contribution in [0.2, 0.25) is 0 Å². The van der Waals surface area contributed by atoms with Gasteiger partial charge in [0.05, 0.1) is 51.4 Å². The Morgan fingerprint density at radius 3 is 2.06 bits per heavy atom. The van der Waals surface area contributed by atoms with Crippen molar-refractivity contribution in [1.29, 1.82) is 0 Å². The largest absolute Gasteiger partial charge is 0.469 e. The predicted molar refractivity (Wildman–Crippen MR) is 193 cm³/mol. The number of nitrogens with one attached hydrogen (secondary N) is 2. The van der Waals surface area contributed by atoms with Crippen molar-refractivity contribution in [2.45, 2.75) is 71.4 Å².